The molecule has 2 rings (SSSR count). The summed E-state index contributed by atoms with van der Waals surface area (Å²) in [6.45, 7) is 6.38. The number of anilines is 1. The van der Waals surface area contributed by atoms with Crippen molar-refractivity contribution in [3.63, 3.8) is 0 Å². The average molecular weight is 407 g/mol. The topological polar surface area (TPSA) is 33.7 Å². The summed E-state index contributed by atoms with van der Waals surface area (Å²) < 4.78 is 11.4. The summed E-state index contributed by atoms with van der Waals surface area (Å²) in [5, 5.41) is 4.48. The zero-order valence-corrected chi connectivity index (χ0v) is 17.4. The zero-order chi connectivity index (χ0) is 19.5. The first-order chi connectivity index (χ1) is 13.1. The Morgan fingerprint density at radius 1 is 1.04 bits per heavy atom. The van der Waals surface area contributed by atoms with Crippen LogP contribution in [-0.2, 0) is 15.9 Å². The van der Waals surface area contributed by atoms with E-state index in [0.717, 1.165) is 18.7 Å². The van der Waals surface area contributed by atoms with Crippen LogP contribution >= 0.6 is 23.8 Å². The van der Waals surface area contributed by atoms with Gasteiger partial charge in [0.25, 0.3) is 0 Å². The zero-order valence-electron chi connectivity index (χ0n) is 15.9. The van der Waals surface area contributed by atoms with Crippen LogP contribution in [0.1, 0.15) is 19.4 Å². The number of para-hydroxylation sites is 1. The van der Waals surface area contributed by atoms with Crippen molar-refractivity contribution in [3.05, 3.63) is 65.2 Å². The number of nitrogens with one attached hydrogen (secondary N) is 1. The molecule has 4 nitrogen and oxygen atoms in total. The summed E-state index contributed by atoms with van der Waals surface area (Å²) in [7, 11) is 0. The molecule has 0 unspecified atom stereocenters. The van der Waals surface area contributed by atoms with E-state index in [1.807, 2.05) is 56.3 Å². The van der Waals surface area contributed by atoms with Gasteiger partial charge in [-0.2, -0.15) is 0 Å². The van der Waals surface area contributed by atoms with Crippen LogP contribution in [0.4, 0.5) is 5.69 Å². The van der Waals surface area contributed by atoms with E-state index >= 15 is 0 Å². The van der Waals surface area contributed by atoms with Crippen molar-refractivity contribution >= 4 is 34.6 Å². The normalized spacial score (nSPS) is 10.8. The van der Waals surface area contributed by atoms with Crippen LogP contribution < -0.4 is 5.32 Å². The third-order valence-electron chi connectivity index (χ3n) is 3.99. The first kappa shape index (κ1) is 21.6. The Morgan fingerprint density at radius 3 is 2.30 bits per heavy atom. The summed E-state index contributed by atoms with van der Waals surface area (Å²) in [6.07, 6.45) is 0.539. The molecule has 0 spiro atoms. The lowest BCUT2D eigenvalue weighted by Gasteiger charge is -2.30. The SMILES string of the molecule is CCOC(CN(CCc1ccccc1)C(=S)Nc1ccccc1Cl)OCC. The quantitative estimate of drug-likeness (QED) is 0.444. The Hall–Kier alpha value is -1.66. The molecule has 0 aliphatic rings. The molecule has 0 fully saturated rings. The second-order valence-electron chi connectivity index (χ2n) is 5.93. The second kappa shape index (κ2) is 11.9. The molecule has 0 heterocycles. The Labute approximate surface area is 172 Å². The molecule has 0 aliphatic heterocycles. The molecule has 2 aromatic carbocycles. The number of hydrogen-bond donors (Lipinski definition) is 1. The van der Waals surface area contributed by atoms with Crippen molar-refractivity contribution in [1.82, 2.24) is 4.90 Å². The Balaban J connectivity index is 2.09. The maximum atomic E-state index is 6.26. The third kappa shape index (κ3) is 7.46. The van der Waals surface area contributed by atoms with Crippen molar-refractivity contribution in [2.75, 3.05) is 31.6 Å². The number of nitrogens with zero attached hydrogens (tertiary/aromatic N) is 1. The molecule has 0 amide bonds. The number of rotatable bonds is 10. The first-order valence-electron chi connectivity index (χ1n) is 9.21. The van der Waals surface area contributed by atoms with Crippen LogP contribution in [0, 0.1) is 0 Å². The summed E-state index contributed by atoms with van der Waals surface area (Å²) >= 11 is 11.9. The molecular weight excluding hydrogens is 380 g/mol. The summed E-state index contributed by atoms with van der Waals surface area (Å²) in [4.78, 5) is 2.07. The standard InChI is InChI=1S/C21H27ClN2O2S/c1-3-25-20(26-4-2)16-24(15-14-17-10-6-5-7-11-17)21(27)23-19-13-9-8-12-18(19)22/h5-13,20H,3-4,14-16H2,1-2H3,(H,23,27). The van der Waals surface area contributed by atoms with Gasteiger partial charge in [-0.05, 0) is 50.2 Å². The van der Waals surface area contributed by atoms with E-state index in [1.54, 1.807) is 0 Å². The summed E-state index contributed by atoms with van der Waals surface area (Å²) in [6, 6.07) is 17.9. The molecule has 0 radical (unpaired) electrons. The molecule has 2 aromatic rings. The lowest BCUT2D eigenvalue weighted by atomic mass is 10.1. The maximum Gasteiger partial charge on any atom is 0.174 e. The van der Waals surface area contributed by atoms with Crippen molar-refractivity contribution in [2.24, 2.45) is 0 Å². The monoisotopic (exact) mass is 406 g/mol. The first-order valence-corrected chi connectivity index (χ1v) is 10.00. The van der Waals surface area contributed by atoms with Crippen LogP contribution in [0.5, 0.6) is 0 Å². The van der Waals surface area contributed by atoms with E-state index in [0.29, 0.717) is 29.9 Å². The van der Waals surface area contributed by atoms with E-state index in [9.17, 15) is 0 Å². The van der Waals surface area contributed by atoms with Crippen molar-refractivity contribution in [3.8, 4) is 0 Å². The Morgan fingerprint density at radius 2 is 1.67 bits per heavy atom. The van der Waals surface area contributed by atoms with Gasteiger partial charge in [0.2, 0.25) is 0 Å². The molecule has 1 N–H and O–H groups in total. The average Bonchev–Trinajstić information content (AvgIpc) is 2.68. The third-order valence-corrected chi connectivity index (χ3v) is 4.68. The van der Waals surface area contributed by atoms with Crippen LogP contribution in [0.25, 0.3) is 0 Å². The van der Waals surface area contributed by atoms with E-state index in [-0.39, 0.29) is 6.29 Å². The highest BCUT2D eigenvalue weighted by Gasteiger charge is 2.18. The Kier molecular flexibility index (Phi) is 9.56. The van der Waals surface area contributed by atoms with E-state index < -0.39 is 0 Å². The van der Waals surface area contributed by atoms with Crippen LogP contribution in [-0.4, -0.2) is 42.6 Å². The van der Waals surface area contributed by atoms with Gasteiger partial charge in [-0.25, -0.2) is 0 Å². The van der Waals surface area contributed by atoms with Crippen LogP contribution in [0.2, 0.25) is 5.02 Å². The number of hydrogen-bond acceptors (Lipinski definition) is 3. The van der Waals surface area contributed by atoms with E-state index in [4.69, 9.17) is 33.3 Å². The molecule has 27 heavy (non-hydrogen) atoms. The maximum absolute atomic E-state index is 6.26. The van der Waals surface area contributed by atoms with Gasteiger partial charge in [-0.15, -0.1) is 0 Å². The molecular formula is C21H27ClN2O2S. The molecule has 0 atom stereocenters. The van der Waals surface area contributed by atoms with Gasteiger partial charge in [-0.1, -0.05) is 54.1 Å². The van der Waals surface area contributed by atoms with Crippen LogP contribution in [0.15, 0.2) is 54.6 Å². The predicted octanol–water partition coefficient (Wildman–Crippen LogP) is 4.98. The van der Waals surface area contributed by atoms with E-state index in [2.05, 4.69) is 22.3 Å². The van der Waals surface area contributed by atoms with Crippen LogP contribution in [0.3, 0.4) is 0 Å². The molecule has 0 aromatic heterocycles. The fraction of sp³-hybridized carbons (Fsp3) is 0.381. The fourth-order valence-electron chi connectivity index (χ4n) is 2.65. The molecule has 0 saturated heterocycles. The van der Waals surface area contributed by atoms with Gasteiger partial charge < -0.3 is 19.7 Å². The van der Waals surface area contributed by atoms with Gasteiger partial charge in [-0.3, -0.25) is 0 Å². The summed E-state index contributed by atoms with van der Waals surface area (Å²) in [5.74, 6) is 0. The highest BCUT2D eigenvalue weighted by Crippen LogP contribution is 2.21. The minimum atomic E-state index is -0.332. The number of thiocarbonyl (C=S) groups is 1. The largest absolute Gasteiger partial charge is 0.351 e. The predicted molar refractivity (Wildman–Crippen MR) is 116 cm³/mol. The van der Waals surface area contributed by atoms with E-state index in [1.165, 1.54) is 5.56 Å². The molecule has 6 heteroatoms. The fourth-order valence-corrected chi connectivity index (χ4v) is 3.11. The highest BCUT2D eigenvalue weighted by atomic mass is 35.5. The summed E-state index contributed by atoms with van der Waals surface area (Å²) in [5.41, 5.74) is 2.05. The lowest BCUT2D eigenvalue weighted by molar-refractivity contribution is -0.141. The van der Waals surface area contributed by atoms with Gasteiger partial charge in [0.1, 0.15) is 0 Å². The molecule has 146 valence electrons. The number of benzene rings is 2. The lowest BCUT2D eigenvalue weighted by Crippen LogP contribution is -2.43. The minimum Gasteiger partial charge on any atom is -0.351 e. The van der Waals surface area contributed by atoms with Gasteiger partial charge in [0.15, 0.2) is 11.4 Å². The van der Waals surface area contributed by atoms with Gasteiger partial charge in [0, 0.05) is 19.8 Å². The second-order valence-corrected chi connectivity index (χ2v) is 6.73. The highest BCUT2D eigenvalue weighted by molar-refractivity contribution is 7.80. The molecule has 0 saturated carbocycles. The van der Waals surface area contributed by atoms with Gasteiger partial charge in [0.05, 0.1) is 17.3 Å². The van der Waals surface area contributed by atoms with Crippen molar-refractivity contribution in [2.45, 2.75) is 26.6 Å². The number of halogens is 1. The van der Waals surface area contributed by atoms with Crippen molar-refractivity contribution < 1.29 is 9.47 Å². The molecule has 0 aliphatic carbocycles. The van der Waals surface area contributed by atoms with Crippen molar-refractivity contribution in [1.29, 1.82) is 0 Å². The smallest absolute Gasteiger partial charge is 0.174 e. The Bertz CT molecular complexity index is 694. The van der Waals surface area contributed by atoms with Gasteiger partial charge >= 0.3 is 0 Å². The molecule has 0 bridgehead atoms. The minimum absolute atomic E-state index is 0.332. The number of ether oxygens (including phenoxy) is 2.